The number of hydrogen-bond acceptors (Lipinski definition) is 3. The molecular formula is C15H20FNO3. The molecule has 1 aliphatic rings. The third kappa shape index (κ3) is 4.20. The van der Waals surface area contributed by atoms with Crippen LogP contribution in [0.5, 0.6) is 0 Å². The van der Waals surface area contributed by atoms with Gasteiger partial charge in [-0.05, 0) is 18.4 Å². The molecule has 110 valence electrons. The highest BCUT2D eigenvalue weighted by molar-refractivity contribution is 5.67. The fraction of sp³-hybridized carbons (Fsp3) is 0.533. The number of halogens is 1. The van der Waals surface area contributed by atoms with Crippen molar-refractivity contribution in [1.29, 1.82) is 0 Å². The average Bonchev–Trinajstić information content (AvgIpc) is 2.53. The van der Waals surface area contributed by atoms with Crippen LogP contribution < -0.4 is 5.32 Å². The zero-order chi connectivity index (χ0) is 14.3. The summed E-state index contributed by atoms with van der Waals surface area (Å²) in [5.74, 6) is 0. The van der Waals surface area contributed by atoms with Gasteiger partial charge in [0.05, 0.1) is 6.67 Å². The van der Waals surface area contributed by atoms with E-state index in [0.29, 0.717) is 32.6 Å². The topological polar surface area (TPSA) is 47.6 Å². The Labute approximate surface area is 118 Å². The molecule has 0 aromatic heterocycles. The minimum absolute atomic E-state index is 0.221. The van der Waals surface area contributed by atoms with E-state index in [4.69, 9.17) is 9.47 Å². The number of carbonyl (C=O) groups excluding carboxylic acids is 1. The second-order valence-electron chi connectivity index (χ2n) is 5.16. The van der Waals surface area contributed by atoms with Crippen molar-refractivity contribution in [3.8, 4) is 0 Å². The average molecular weight is 281 g/mol. The normalized spacial score (nSPS) is 17.4. The van der Waals surface area contributed by atoms with Gasteiger partial charge < -0.3 is 14.8 Å². The van der Waals surface area contributed by atoms with E-state index >= 15 is 0 Å². The van der Waals surface area contributed by atoms with Crippen molar-refractivity contribution in [2.75, 3.05) is 26.4 Å². The molecule has 5 heteroatoms. The largest absolute Gasteiger partial charge is 0.445 e. The Morgan fingerprint density at radius 3 is 2.65 bits per heavy atom. The zero-order valence-corrected chi connectivity index (χ0v) is 11.4. The molecule has 2 rings (SSSR count). The lowest BCUT2D eigenvalue weighted by Gasteiger charge is -2.34. The van der Waals surface area contributed by atoms with Crippen molar-refractivity contribution in [1.82, 2.24) is 5.32 Å². The van der Waals surface area contributed by atoms with Crippen molar-refractivity contribution < 1.29 is 18.7 Å². The van der Waals surface area contributed by atoms with E-state index in [1.54, 1.807) is 0 Å². The number of amides is 1. The molecule has 1 amide bonds. The van der Waals surface area contributed by atoms with Gasteiger partial charge in [0, 0.05) is 25.2 Å². The lowest BCUT2D eigenvalue weighted by Crippen LogP contribution is -2.43. The highest BCUT2D eigenvalue weighted by Crippen LogP contribution is 2.30. The molecule has 20 heavy (non-hydrogen) atoms. The first-order chi connectivity index (χ1) is 9.74. The number of alkyl carbamates (subject to hydrolysis) is 1. The van der Waals surface area contributed by atoms with Crippen LogP contribution in [0.4, 0.5) is 9.18 Å². The maximum atomic E-state index is 13.2. The smallest absolute Gasteiger partial charge is 0.407 e. The molecule has 4 nitrogen and oxygen atoms in total. The summed E-state index contributed by atoms with van der Waals surface area (Å²) in [5.41, 5.74) is 0.429. The van der Waals surface area contributed by atoms with Crippen molar-refractivity contribution in [3.05, 3.63) is 35.9 Å². The van der Waals surface area contributed by atoms with Crippen LogP contribution in [0.2, 0.25) is 0 Å². The van der Waals surface area contributed by atoms with E-state index in [1.807, 2.05) is 30.3 Å². The molecule has 1 saturated heterocycles. The third-order valence-corrected chi connectivity index (χ3v) is 3.66. The number of hydrogen-bond donors (Lipinski definition) is 1. The van der Waals surface area contributed by atoms with Crippen LogP contribution in [0.25, 0.3) is 0 Å². The standard InChI is InChI=1S/C15H20FNO3/c16-11-15(6-8-19-9-7-15)12-17-14(18)20-10-13-4-2-1-3-5-13/h1-5H,6-12H2,(H,17,18). The fourth-order valence-corrected chi connectivity index (χ4v) is 2.20. The predicted octanol–water partition coefficient (Wildman–Crippen LogP) is 2.68. The van der Waals surface area contributed by atoms with Crippen molar-refractivity contribution in [3.63, 3.8) is 0 Å². The Morgan fingerprint density at radius 1 is 1.30 bits per heavy atom. The van der Waals surface area contributed by atoms with E-state index < -0.39 is 18.2 Å². The minimum atomic E-state index is -0.506. The van der Waals surface area contributed by atoms with E-state index in [1.165, 1.54) is 0 Å². The summed E-state index contributed by atoms with van der Waals surface area (Å²) in [6.45, 7) is 1.16. The molecule has 0 spiro atoms. The van der Waals surface area contributed by atoms with Gasteiger partial charge in [-0.3, -0.25) is 4.39 Å². The number of ether oxygens (including phenoxy) is 2. The summed E-state index contributed by atoms with van der Waals surface area (Å²) in [5, 5.41) is 2.66. The number of nitrogens with one attached hydrogen (secondary N) is 1. The molecule has 1 aromatic carbocycles. The second-order valence-corrected chi connectivity index (χ2v) is 5.16. The molecule has 0 bridgehead atoms. The predicted molar refractivity (Wildman–Crippen MR) is 73.1 cm³/mol. The first-order valence-corrected chi connectivity index (χ1v) is 6.82. The minimum Gasteiger partial charge on any atom is -0.445 e. The Hall–Kier alpha value is -1.62. The van der Waals surface area contributed by atoms with E-state index in [9.17, 15) is 9.18 Å². The Balaban J connectivity index is 1.74. The molecule has 0 saturated carbocycles. The number of benzene rings is 1. The van der Waals surface area contributed by atoms with Gasteiger partial charge in [0.15, 0.2) is 0 Å². The molecule has 1 N–H and O–H groups in total. The number of carbonyl (C=O) groups is 1. The Kier molecular flexibility index (Phi) is 5.35. The van der Waals surface area contributed by atoms with Gasteiger partial charge in [0.2, 0.25) is 0 Å². The Morgan fingerprint density at radius 2 is 2.00 bits per heavy atom. The van der Waals surface area contributed by atoms with Gasteiger partial charge in [-0.2, -0.15) is 0 Å². The van der Waals surface area contributed by atoms with Crippen molar-refractivity contribution in [2.45, 2.75) is 19.4 Å². The lowest BCUT2D eigenvalue weighted by atomic mass is 9.81. The zero-order valence-electron chi connectivity index (χ0n) is 11.4. The molecule has 1 fully saturated rings. The number of alkyl halides is 1. The van der Waals surface area contributed by atoms with E-state index in [2.05, 4.69) is 5.32 Å². The quantitative estimate of drug-likeness (QED) is 0.902. The molecular weight excluding hydrogens is 261 g/mol. The molecule has 1 aliphatic heterocycles. The van der Waals surface area contributed by atoms with Gasteiger partial charge in [-0.1, -0.05) is 30.3 Å². The summed E-state index contributed by atoms with van der Waals surface area (Å²) in [6, 6.07) is 9.44. The maximum Gasteiger partial charge on any atom is 0.407 e. The van der Waals surface area contributed by atoms with Crippen LogP contribution in [-0.2, 0) is 16.1 Å². The van der Waals surface area contributed by atoms with Gasteiger partial charge in [0.1, 0.15) is 6.61 Å². The summed E-state index contributed by atoms with van der Waals surface area (Å²) in [4.78, 5) is 11.6. The molecule has 1 heterocycles. The van der Waals surface area contributed by atoms with Gasteiger partial charge >= 0.3 is 6.09 Å². The summed E-state index contributed by atoms with van der Waals surface area (Å²) in [6.07, 6.45) is 0.749. The Bertz CT molecular complexity index is 418. The van der Waals surface area contributed by atoms with E-state index in [-0.39, 0.29) is 6.61 Å². The van der Waals surface area contributed by atoms with Crippen LogP contribution in [-0.4, -0.2) is 32.5 Å². The summed E-state index contributed by atoms with van der Waals surface area (Å²) >= 11 is 0. The van der Waals surface area contributed by atoms with Gasteiger partial charge in [-0.15, -0.1) is 0 Å². The second kappa shape index (κ2) is 7.24. The third-order valence-electron chi connectivity index (χ3n) is 3.66. The van der Waals surface area contributed by atoms with Gasteiger partial charge in [0.25, 0.3) is 0 Å². The van der Waals surface area contributed by atoms with E-state index in [0.717, 1.165) is 5.56 Å². The molecule has 0 atom stereocenters. The van der Waals surface area contributed by atoms with Crippen LogP contribution in [0.15, 0.2) is 30.3 Å². The monoisotopic (exact) mass is 281 g/mol. The van der Waals surface area contributed by atoms with Crippen LogP contribution in [0.3, 0.4) is 0 Å². The van der Waals surface area contributed by atoms with Crippen LogP contribution in [0, 0.1) is 5.41 Å². The molecule has 1 aromatic rings. The molecule has 0 radical (unpaired) electrons. The lowest BCUT2D eigenvalue weighted by molar-refractivity contribution is 0.00196. The molecule has 0 aliphatic carbocycles. The SMILES string of the molecule is O=C(NCC1(CF)CCOCC1)OCc1ccccc1. The summed E-state index contributed by atoms with van der Waals surface area (Å²) < 4.78 is 23.5. The number of rotatable bonds is 5. The first kappa shape index (κ1) is 14.8. The summed E-state index contributed by atoms with van der Waals surface area (Å²) in [7, 11) is 0. The van der Waals surface area contributed by atoms with Crippen molar-refractivity contribution >= 4 is 6.09 Å². The first-order valence-electron chi connectivity index (χ1n) is 6.82. The van der Waals surface area contributed by atoms with Crippen molar-refractivity contribution in [2.24, 2.45) is 5.41 Å². The molecule has 0 unspecified atom stereocenters. The van der Waals surface area contributed by atoms with Crippen LogP contribution >= 0.6 is 0 Å². The maximum absolute atomic E-state index is 13.2. The van der Waals surface area contributed by atoms with Crippen LogP contribution in [0.1, 0.15) is 18.4 Å². The highest BCUT2D eigenvalue weighted by atomic mass is 19.1. The fourth-order valence-electron chi connectivity index (χ4n) is 2.20. The highest BCUT2D eigenvalue weighted by Gasteiger charge is 2.33. The van der Waals surface area contributed by atoms with Gasteiger partial charge in [-0.25, -0.2) is 4.79 Å².